The molecule has 0 bridgehead atoms. The monoisotopic (exact) mass is 420 g/mol. The van der Waals surface area contributed by atoms with Gasteiger partial charge in [-0.05, 0) is 29.8 Å². The Morgan fingerprint density at radius 3 is 2.79 bits per heavy atom. The average Bonchev–Trinajstić information content (AvgIpc) is 2.85. The summed E-state index contributed by atoms with van der Waals surface area (Å²) in [7, 11) is 1.48. The second-order valence-corrected chi connectivity index (χ2v) is 7.85. The van der Waals surface area contributed by atoms with E-state index in [9.17, 15) is 14.3 Å². The number of benzene rings is 2. The number of nitrogens with zero attached hydrogens (tertiary/aromatic N) is 1. The minimum Gasteiger partial charge on any atom is -0.503 e. The molecular formula is C21H22ClFN2O4. The zero-order chi connectivity index (χ0) is 20.6. The van der Waals surface area contributed by atoms with E-state index in [2.05, 4.69) is 10.2 Å². The van der Waals surface area contributed by atoms with Crippen molar-refractivity contribution < 1.29 is 23.8 Å². The highest BCUT2D eigenvalue weighted by Crippen LogP contribution is 2.38. The number of fused-ring (bicyclic) bond motifs is 1. The number of carbonyl (C=O) groups is 1. The number of hydrogen-bond donors (Lipinski definition) is 2. The molecule has 154 valence electrons. The Kier molecular flexibility index (Phi) is 5.27. The molecule has 0 aliphatic carbocycles. The molecular weight excluding hydrogens is 399 g/mol. The number of phenolic OH excluding ortho intramolecular Hbond substituents is 1. The van der Waals surface area contributed by atoms with E-state index in [4.69, 9.17) is 21.1 Å². The van der Waals surface area contributed by atoms with Gasteiger partial charge in [0.2, 0.25) is 0 Å². The van der Waals surface area contributed by atoms with Crippen molar-refractivity contribution in [3.63, 3.8) is 0 Å². The maximum absolute atomic E-state index is 13.5. The second kappa shape index (κ2) is 7.72. The third kappa shape index (κ3) is 3.84. The molecule has 6 nitrogen and oxygen atoms in total. The van der Waals surface area contributed by atoms with Crippen molar-refractivity contribution in [3.05, 3.63) is 52.3 Å². The van der Waals surface area contributed by atoms with Crippen LogP contribution in [-0.2, 0) is 6.54 Å². The number of piperidine rings is 1. The van der Waals surface area contributed by atoms with Gasteiger partial charge in [0.15, 0.2) is 11.5 Å². The molecule has 2 aliphatic heterocycles. The molecule has 2 aromatic rings. The highest BCUT2D eigenvalue weighted by Gasteiger charge is 2.40. The summed E-state index contributed by atoms with van der Waals surface area (Å²) in [5.74, 6) is -0.0852. The topological polar surface area (TPSA) is 71.0 Å². The molecule has 0 saturated carbocycles. The summed E-state index contributed by atoms with van der Waals surface area (Å²) in [5.41, 5.74) is 0.516. The lowest BCUT2D eigenvalue weighted by molar-refractivity contribution is 0.00390. The molecule has 4 rings (SSSR count). The van der Waals surface area contributed by atoms with Crippen LogP contribution in [0.1, 0.15) is 28.8 Å². The van der Waals surface area contributed by atoms with E-state index in [1.807, 2.05) is 6.07 Å². The van der Waals surface area contributed by atoms with Crippen molar-refractivity contribution in [3.8, 4) is 17.2 Å². The van der Waals surface area contributed by atoms with Crippen LogP contribution in [0.3, 0.4) is 0 Å². The smallest absolute Gasteiger partial charge is 0.255 e. The molecule has 0 unspecified atom stereocenters. The quantitative estimate of drug-likeness (QED) is 0.796. The Hall–Kier alpha value is -2.51. The van der Waals surface area contributed by atoms with E-state index in [0.717, 1.165) is 18.7 Å². The van der Waals surface area contributed by atoms with Gasteiger partial charge in [-0.1, -0.05) is 17.7 Å². The van der Waals surface area contributed by atoms with E-state index in [-0.39, 0.29) is 17.2 Å². The largest absolute Gasteiger partial charge is 0.503 e. The van der Waals surface area contributed by atoms with Gasteiger partial charge in [-0.3, -0.25) is 9.69 Å². The molecule has 29 heavy (non-hydrogen) atoms. The minimum absolute atomic E-state index is 0.0567. The number of amides is 1. The van der Waals surface area contributed by atoms with Gasteiger partial charge in [-0.2, -0.15) is 0 Å². The van der Waals surface area contributed by atoms with Crippen LogP contribution in [0.2, 0.25) is 5.02 Å². The molecule has 0 atom stereocenters. The third-order valence-corrected chi connectivity index (χ3v) is 6.05. The van der Waals surface area contributed by atoms with Crippen LogP contribution in [0, 0.1) is 5.82 Å². The van der Waals surface area contributed by atoms with Gasteiger partial charge < -0.3 is 19.9 Å². The predicted molar refractivity (Wildman–Crippen MR) is 106 cm³/mol. The number of rotatable bonds is 3. The maximum atomic E-state index is 13.5. The van der Waals surface area contributed by atoms with Gasteiger partial charge in [0.05, 0.1) is 24.2 Å². The number of halogens is 2. The fourth-order valence-corrected chi connectivity index (χ4v) is 4.10. The fraction of sp³-hybridized carbons (Fsp3) is 0.381. The maximum Gasteiger partial charge on any atom is 0.255 e. The van der Waals surface area contributed by atoms with Gasteiger partial charge >= 0.3 is 0 Å². The lowest BCUT2D eigenvalue weighted by atomic mass is 9.90. The van der Waals surface area contributed by atoms with Crippen LogP contribution < -0.4 is 14.8 Å². The molecule has 1 spiro atoms. The van der Waals surface area contributed by atoms with Gasteiger partial charge in [0, 0.05) is 32.5 Å². The van der Waals surface area contributed by atoms with Crippen molar-refractivity contribution in [1.82, 2.24) is 10.2 Å². The number of likely N-dealkylation sites (tertiary alicyclic amines) is 1. The van der Waals surface area contributed by atoms with Crippen LogP contribution in [-0.4, -0.2) is 48.3 Å². The Balaban J connectivity index is 1.46. The Morgan fingerprint density at radius 2 is 2.07 bits per heavy atom. The van der Waals surface area contributed by atoms with E-state index in [0.29, 0.717) is 42.5 Å². The Bertz CT molecular complexity index is 945. The van der Waals surface area contributed by atoms with Crippen molar-refractivity contribution in [1.29, 1.82) is 0 Å². The number of hydrogen-bond acceptors (Lipinski definition) is 5. The van der Waals surface area contributed by atoms with Gasteiger partial charge in [-0.15, -0.1) is 0 Å². The molecule has 2 N–H and O–H groups in total. The first kappa shape index (κ1) is 19.8. The van der Waals surface area contributed by atoms with Gasteiger partial charge in [-0.25, -0.2) is 4.39 Å². The summed E-state index contributed by atoms with van der Waals surface area (Å²) in [6, 6.07) is 7.57. The van der Waals surface area contributed by atoms with Crippen molar-refractivity contribution >= 4 is 17.5 Å². The molecule has 8 heteroatoms. The van der Waals surface area contributed by atoms with Gasteiger partial charge in [0.1, 0.15) is 17.2 Å². The molecule has 0 aromatic heterocycles. The average molecular weight is 421 g/mol. The summed E-state index contributed by atoms with van der Waals surface area (Å²) in [4.78, 5) is 14.5. The number of aromatic hydroxyl groups is 1. The zero-order valence-electron chi connectivity index (χ0n) is 16.0. The highest BCUT2D eigenvalue weighted by atomic mass is 35.5. The van der Waals surface area contributed by atoms with Crippen LogP contribution in [0.4, 0.5) is 4.39 Å². The number of nitrogens with one attached hydrogen (secondary N) is 1. The van der Waals surface area contributed by atoms with Gasteiger partial charge in [0.25, 0.3) is 5.91 Å². The van der Waals surface area contributed by atoms with Crippen molar-refractivity contribution in [2.24, 2.45) is 0 Å². The molecule has 2 aliphatic rings. The van der Waals surface area contributed by atoms with Crippen molar-refractivity contribution in [2.75, 3.05) is 26.7 Å². The predicted octanol–water partition coefficient (Wildman–Crippen LogP) is 3.35. The van der Waals surface area contributed by atoms with E-state index >= 15 is 0 Å². The lowest BCUT2D eigenvalue weighted by Gasteiger charge is -2.41. The summed E-state index contributed by atoms with van der Waals surface area (Å²) in [5, 5.41) is 13.3. The first-order valence-electron chi connectivity index (χ1n) is 9.44. The van der Waals surface area contributed by atoms with Crippen LogP contribution >= 0.6 is 11.6 Å². The molecule has 0 radical (unpaired) electrons. The van der Waals surface area contributed by atoms with Crippen LogP contribution in [0.5, 0.6) is 17.2 Å². The zero-order valence-corrected chi connectivity index (χ0v) is 16.8. The van der Waals surface area contributed by atoms with Crippen LogP contribution in [0.25, 0.3) is 0 Å². The molecule has 1 amide bonds. The summed E-state index contributed by atoms with van der Waals surface area (Å²) in [6.45, 7) is 2.42. The second-order valence-electron chi connectivity index (χ2n) is 7.47. The van der Waals surface area contributed by atoms with Crippen LogP contribution in [0.15, 0.2) is 30.3 Å². The number of carbonyl (C=O) groups excluding carboxylic acids is 1. The first-order valence-corrected chi connectivity index (χ1v) is 9.82. The molecule has 2 aromatic carbocycles. The molecule has 1 fully saturated rings. The number of phenols is 1. The SMILES string of the molecule is COc1ccc(CN2CCC3(CC2)CNC(=O)c2cc(F)ccc2O3)c(Cl)c1O. The van der Waals surface area contributed by atoms with E-state index in [1.165, 1.54) is 25.3 Å². The fourth-order valence-electron chi connectivity index (χ4n) is 3.89. The molecule has 1 saturated heterocycles. The lowest BCUT2D eigenvalue weighted by Crippen LogP contribution is -2.53. The molecule has 2 heterocycles. The van der Waals surface area contributed by atoms with E-state index < -0.39 is 11.4 Å². The Labute approximate surface area is 173 Å². The number of ether oxygens (including phenoxy) is 2. The minimum atomic E-state index is -0.527. The standard InChI is InChI=1S/C21H22ClFN2O4/c1-28-17-4-2-13(18(22)19(17)26)11-25-8-6-21(7-9-25)12-24-20(27)15-10-14(23)3-5-16(15)29-21/h2-5,10,26H,6-9,11-12H2,1H3,(H,24,27). The normalized spacial score (nSPS) is 18.5. The summed E-state index contributed by atoms with van der Waals surface area (Å²) in [6.07, 6.45) is 1.40. The highest BCUT2D eigenvalue weighted by molar-refractivity contribution is 6.33. The summed E-state index contributed by atoms with van der Waals surface area (Å²) >= 11 is 6.29. The first-order chi connectivity index (χ1) is 13.9. The summed E-state index contributed by atoms with van der Waals surface area (Å²) < 4.78 is 24.8. The Morgan fingerprint density at radius 1 is 1.31 bits per heavy atom. The third-order valence-electron chi connectivity index (χ3n) is 5.62. The van der Waals surface area contributed by atoms with E-state index in [1.54, 1.807) is 6.07 Å². The van der Waals surface area contributed by atoms with Crippen molar-refractivity contribution in [2.45, 2.75) is 25.0 Å². The number of methoxy groups -OCH3 is 1.